The highest BCUT2D eigenvalue weighted by atomic mass is 79.9. The van der Waals surface area contributed by atoms with E-state index in [0.717, 1.165) is 15.7 Å². The average molecular weight is 434 g/mol. The first kappa shape index (κ1) is 18.2. The van der Waals surface area contributed by atoms with Crippen LogP contribution in [0.4, 0.5) is 5.69 Å². The summed E-state index contributed by atoms with van der Waals surface area (Å²) in [6, 6.07) is 12.1. The molecule has 0 aliphatic heterocycles. The number of sulfone groups is 1. The van der Waals surface area contributed by atoms with Gasteiger partial charge in [0.2, 0.25) is 0 Å². The zero-order chi connectivity index (χ0) is 17.0. The lowest BCUT2D eigenvalue weighted by molar-refractivity contribution is 0.602. The summed E-state index contributed by atoms with van der Waals surface area (Å²) in [4.78, 5) is 0.298. The van der Waals surface area contributed by atoms with Crippen molar-refractivity contribution in [1.82, 2.24) is 5.32 Å². The van der Waals surface area contributed by atoms with Gasteiger partial charge in [-0.15, -0.1) is 0 Å². The van der Waals surface area contributed by atoms with Crippen LogP contribution < -0.4 is 10.6 Å². The topological polar surface area (TPSA) is 58.2 Å². The molecule has 2 aromatic carbocycles. The van der Waals surface area contributed by atoms with Crippen molar-refractivity contribution in [3.8, 4) is 0 Å². The van der Waals surface area contributed by atoms with Crippen molar-refractivity contribution in [2.75, 3.05) is 11.6 Å². The number of rotatable bonds is 4. The molecule has 0 fully saturated rings. The van der Waals surface area contributed by atoms with Crippen molar-refractivity contribution >= 4 is 60.4 Å². The second-order valence-electron chi connectivity index (χ2n) is 4.85. The summed E-state index contributed by atoms with van der Waals surface area (Å²) in [6.07, 6.45) is 1.18. The molecule has 122 valence electrons. The third kappa shape index (κ3) is 5.46. The molecule has 0 aliphatic rings. The molecule has 23 heavy (non-hydrogen) atoms. The molecule has 2 rings (SSSR count). The first-order chi connectivity index (χ1) is 10.8. The van der Waals surface area contributed by atoms with Gasteiger partial charge < -0.3 is 10.6 Å². The highest BCUT2D eigenvalue weighted by Gasteiger charge is 2.06. The number of thiocarbonyl (C=S) groups is 1. The molecule has 0 saturated carbocycles. The lowest BCUT2D eigenvalue weighted by Gasteiger charge is -2.11. The largest absolute Gasteiger partial charge is 0.358 e. The number of benzene rings is 2. The summed E-state index contributed by atoms with van der Waals surface area (Å²) in [5.74, 6) is 0. The van der Waals surface area contributed by atoms with Gasteiger partial charge in [-0.1, -0.05) is 23.7 Å². The number of hydrogen-bond acceptors (Lipinski definition) is 3. The maximum atomic E-state index is 11.4. The van der Waals surface area contributed by atoms with Crippen LogP contribution in [-0.2, 0) is 16.4 Å². The van der Waals surface area contributed by atoms with Crippen molar-refractivity contribution in [3.05, 3.63) is 57.5 Å². The number of anilines is 1. The molecule has 0 radical (unpaired) electrons. The quantitative estimate of drug-likeness (QED) is 0.714. The molecule has 0 spiro atoms. The summed E-state index contributed by atoms with van der Waals surface area (Å²) in [5.41, 5.74) is 1.71. The predicted molar refractivity (Wildman–Crippen MR) is 102 cm³/mol. The highest BCUT2D eigenvalue weighted by molar-refractivity contribution is 9.10. The molecule has 0 amide bonds. The molecule has 2 aromatic rings. The summed E-state index contributed by atoms with van der Waals surface area (Å²) in [7, 11) is -3.17. The van der Waals surface area contributed by atoms with Crippen LogP contribution in [0.15, 0.2) is 51.8 Å². The van der Waals surface area contributed by atoms with E-state index in [1.165, 1.54) is 6.26 Å². The summed E-state index contributed by atoms with van der Waals surface area (Å²) in [5, 5.41) is 7.14. The van der Waals surface area contributed by atoms with Crippen LogP contribution in [0.25, 0.3) is 0 Å². The van der Waals surface area contributed by atoms with Crippen LogP contribution in [-0.4, -0.2) is 19.8 Å². The van der Waals surface area contributed by atoms with Gasteiger partial charge in [0, 0.05) is 23.0 Å². The van der Waals surface area contributed by atoms with E-state index in [1.807, 2.05) is 12.1 Å². The molecule has 0 saturated heterocycles. The van der Waals surface area contributed by atoms with Gasteiger partial charge in [-0.3, -0.25) is 0 Å². The van der Waals surface area contributed by atoms with Gasteiger partial charge in [-0.2, -0.15) is 0 Å². The molecule has 0 aromatic heterocycles. The molecule has 8 heteroatoms. The fourth-order valence-corrected chi connectivity index (χ4v) is 3.03. The third-order valence-electron chi connectivity index (χ3n) is 2.98. The zero-order valence-electron chi connectivity index (χ0n) is 12.1. The van der Waals surface area contributed by atoms with Gasteiger partial charge in [0.1, 0.15) is 0 Å². The summed E-state index contributed by atoms with van der Waals surface area (Å²) in [6.45, 7) is 0.486. The second kappa shape index (κ2) is 7.61. The third-order valence-corrected chi connectivity index (χ3v) is 5.59. The van der Waals surface area contributed by atoms with E-state index >= 15 is 0 Å². The van der Waals surface area contributed by atoms with Crippen molar-refractivity contribution in [1.29, 1.82) is 0 Å². The Hall–Kier alpha value is -1.15. The van der Waals surface area contributed by atoms with Crippen LogP contribution in [0.5, 0.6) is 0 Å². The Bertz CT molecular complexity index is 824. The van der Waals surface area contributed by atoms with Crippen molar-refractivity contribution in [2.45, 2.75) is 11.4 Å². The van der Waals surface area contributed by atoms with E-state index in [2.05, 4.69) is 26.6 Å². The Morgan fingerprint density at radius 1 is 1.22 bits per heavy atom. The normalized spacial score (nSPS) is 11.1. The lowest BCUT2D eigenvalue weighted by atomic mass is 10.2. The van der Waals surface area contributed by atoms with E-state index < -0.39 is 9.84 Å². The van der Waals surface area contributed by atoms with Gasteiger partial charge in [0.05, 0.1) is 9.92 Å². The monoisotopic (exact) mass is 432 g/mol. The molecule has 2 N–H and O–H groups in total. The maximum Gasteiger partial charge on any atom is 0.175 e. The molecule has 0 aliphatic carbocycles. The molecule has 0 heterocycles. The Morgan fingerprint density at radius 3 is 2.43 bits per heavy atom. The van der Waals surface area contributed by atoms with Crippen LogP contribution in [0.1, 0.15) is 5.56 Å². The Balaban J connectivity index is 1.92. The minimum atomic E-state index is -3.17. The standard InChI is InChI=1S/C15H14BrClN2O2S2/c1-23(20,21)12-5-2-10(3-6-12)9-18-15(22)19-11-4-7-13(16)14(17)8-11/h2-8H,9H2,1H3,(H2,18,19,22). The number of halogens is 2. The Morgan fingerprint density at radius 2 is 1.87 bits per heavy atom. The molecule has 0 atom stereocenters. The summed E-state index contributed by atoms with van der Waals surface area (Å²) < 4.78 is 23.6. The van der Waals surface area contributed by atoms with E-state index in [4.69, 9.17) is 23.8 Å². The first-order valence-corrected chi connectivity index (χ1v) is 10.0. The molecule has 0 unspecified atom stereocenters. The average Bonchev–Trinajstić information content (AvgIpc) is 2.48. The van der Waals surface area contributed by atoms with Gasteiger partial charge in [-0.25, -0.2) is 8.42 Å². The molecule has 0 bridgehead atoms. The number of nitrogens with one attached hydrogen (secondary N) is 2. The van der Waals surface area contributed by atoms with Crippen LogP contribution >= 0.6 is 39.7 Å². The van der Waals surface area contributed by atoms with Crippen LogP contribution in [0.3, 0.4) is 0 Å². The molecular weight excluding hydrogens is 420 g/mol. The number of hydrogen-bond donors (Lipinski definition) is 2. The van der Waals surface area contributed by atoms with Gasteiger partial charge in [-0.05, 0) is 64.0 Å². The molecule has 4 nitrogen and oxygen atoms in total. The Labute approximate surface area is 154 Å². The van der Waals surface area contributed by atoms with Gasteiger partial charge in [0.25, 0.3) is 0 Å². The van der Waals surface area contributed by atoms with E-state index in [9.17, 15) is 8.42 Å². The van der Waals surface area contributed by atoms with Crippen molar-refractivity contribution < 1.29 is 8.42 Å². The summed E-state index contributed by atoms with van der Waals surface area (Å²) >= 11 is 14.6. The maximum absolute atomic E-state index is 11.4. The zero-order valence-corrected chi connectivity index (χ0v) is 16.1. The van der Waals surface area contributed by atoms with E-state index in [0.29, 0.717) is 21.6 Å². The smallest absolute Gasteiger partial charge is 0.175 e. The fourth-order valence-electron chi connectivity index (χ4n) is 1.79. The van der Waals surface area contributed by atoms with Gasteiger partial charge >= 0.3 is 0 Å². The SMILES string of the molecule is CS(=O)(=O)c1ccc(CNC(=S)Nc2ccc(Br)c(Cl)c2)cc1. The minimum absolute atomic E-state index is 0.298. The van der Waals surface area contributed by atoms with E-state index in [1.54, 1.807) is 30.3 Å². The van der Waals surface area contributed by atoms with Crippen molar-refractivity contribution in [3.63, 3.8) is 0 Å². The predicted octanol–water partition coefficient (Wildman–Crippen LogP) is 3.99. The molecular formula is C15H14BrClN2O2S2. The van der Waals surface area contributed by atoms with Crippen molar-refractivity contribution in [2.24, 2.45) is 0 Å². The van der Waals surface area contributed by atoms with Crippen LogP contribution in [0, 0.1) is 0 Å². The second-order valence-corrected chi connectivity index (χ2v) is 8.54. The highest BCUT2D eigenvalue weighted by Crippen LogP contribution is 2.25. The van der Waals surface area contributed by atoms with E-state index in [-0.39, 0.29) is 0 Å². The first-order valence-electron chi connectivity index (χ1n) is 6.54. The Kier molecular flexibility index (Phi) is 6.02. The van der Waals surface area contributed by atoms with Gasteiger partial charge in [0.15, 0.2) is 14.9 Å². The minimum Gasteiger partial charge on any atom is -0.358 e. The van der Waals surface area contributed by atoms with Crippen LogP contribution in [0.2, 0.25) is 5.02 Å². The lowest BCUT2D eigenvalue weighted by Crippen LogP contribution is -2.27. The fraction of sp³-hybridized carbons (Fsp3) is 0.133.